The van der Waals surface area contributed by atoms with Crippen molar-refractivity contribution in [2.75, 3.05) is 11.5 Å². The Morgan fingerprint density at radius 1 is 1.37 bits per heavy atom. The van der Waals surface area contributed by atoms with Crippen LogP contribution >= 0.6 is 23.4 Å². The molecule has 0 aliphatic heterocycles. The summed E-state index contributed by atoms with van der Waals surface area (Å²) in [5.74, 6) is 2.32. The van der Waals surface area contributed by atoms with E-state index in [4.69, 9.17) is 11.6 Å². The van der Waals surface area contributed by atoms with Gasteiger partial charge in [0, 0.05) is 17.2 Å². The van der Waals surface area contributed by atoms with Gasteiger partial charge in [0.2, 0.25) is 5.91 Å². The second-order valence-corrected chi connectivity index (χ2v) is 6.56. The highest BCUT2D eigenvalue weighted by Crippen LogP contribution is 2.28. The SMILES string of the molecule is CCSCCC(=O)NC(c1ccccc1Cl)C(C)C. The monoisotopic (exact) mass is 299 g/mol. The van der Waals surface area contributed by atoms with Gasteiger partial charge in [0.1, 0.15) is 0 Å². The molecule has 19 heavy (non-hydrogen) atoms. The molecule has 106 valence electrons. The number of benzene rings is 1. The van der Waals surface area contributed by atoms with Gasteiger partial charge in [-0.2, -0.15) is 11.8 Å². The molecule has 1 N–H and O–H groups in total. The van der Waals surface area contributed by atoms with Crippen LogP contribution in [-0.4, -0.2) is 17.4 Å². The van der Waals surface area contributed by atoms with Crippen LogP contribution in [0.3, 0.4) is 0 Å². The Balaban J connectivity index is 2.69. The Kier molecular flexibility index (Phi) is 7.32. The summed E-state index contributed by atoms with van der Waals surface area (Å²) in [5.41, 5.74) is 0.996. The van der Waals surface area contributed by atoms with Crippen molar-refractivity contribution in [1.82, 2.24) is 5.32 Å². The summed E-state index contributed by atoms with van der Waals surface area (Å²) in [7, 11) is 0. The van der Waals surface area contributed by atoms with Gasteiger partial charge in [0.15, 0.2) is 0 Å². The smallest absolute Gasteiger partial charge is 0.221 e. The number of carbonyl (C=O) groups is 1. The van der Waals surface area contributed by atoms with Crippen LogP contribution in [0, 0.1) is 5.92 Å². The summed E-state index contributed by atoms with van der Waals surface area (Å²) < 4.78 is 0. The average molecular weight is 300 g/mol. The number of halogens is 1. The maximum absolute atomic E-state index is 11.9. The van der Waals surface area contributed by atoms with Crippen molar-refractivity contribution < 1.29 is 4.79 Å². The third-order valence-corrected chi connectivity index (χ3v) is 4.15. The highest BCUT2D eigenvalue weighted by atomic mass is 35.5. The summed E-state index contributed by atoms with van der Waals surface area (Å²) >= 11 is 8.00. The van der Waals surface area contributed by atoms with Crippen molar-refractivity contribution in [3.8, 4) is 0 Å². The van der Waals surface area contributed by atoms with E-state index in [0.717, 1.165) is 17.1 Å². The van der Waals surface area contributed by atoms with Gasteiger partial charge < -0.3 is 5.32 Å². The first kappa shape index (κ1) is 16.4. The van der Waals surface area contributed by atoms with Crippen LogP contribution in [0.1, 0.15) is 38.8 Å². The van der Waals surface area contributed by atoms with Crippen LogP contribution in [0.2, 0.25) is 5.02 Å². The molecular formula is C15H22ClNOS. The fraction of sp³-hybridized carbons (Fsp3) is 0.533. The Morgan fingerprint density at radius 3 is 2.63 bits per heavy atom. The molecule has 0 aromatic heterocycles. The number of nitrogens with one attached hydrogen (secondary N) is 1. The van der Waals surface area contributed by atoms with Gasteiger partial charge in [-0.25, -0.2) is 0 Å². The second kappa shape index (κ2) is 8.49. The molecule has 1 aromatic rings. The van der Waals surface area contributed by atoms with Crippen molar-refractivity contribution in [2.24, 2.45) is 5.92 Å². The van der Waals surface area contributed by atoms with E-state index in [1.165, 1.54) is 0 Å². The van der Waals surface area contributed by atoms with Crippen LogP contribution in [0.15, 0.2) is 24.3 Å². The minimum atomic E-state index is -0.0205. The minimum absolute atomic E-state index is 0.0205. The first-order valence-corrected chi connectivity index (χ1v) is 8.21. The zero-order chi connectivity index (χ0) is 14.3. The molecule has 1 unspecified atom stereocenters. The third-order valence-electron chi connectivity index (χ3n) is 2.90. The van der Waals surface area contributed by atoms with Gasteiger partial charge in [-0.3, -0.25) is 4.79 Å². The quantitative estimate of drug-likeness (QED) is 0.761. The Morgan fingerprint density at radius 2 is 2.05 bits per heavy atom. The van der Waals surface area contributed by atoms with Gasteiger partial charge in [0.05, 0.1) is 6.04 Å². The van der Waals surface area contributed by atoms with E-state index < -0.39 is 0 Å². The third kappa shape index (κ3) is 5.45. The molecule has 0 aliphatic carbocycles. The Hall–Kier alpha value is -0.670. The van der Waals surface area contributed by atoms with Crippen LogP contribution in [-0.2, 0) is 4.79 Å². The topological polar surface area (TPSA) is 29.1 Å². The van der Waals surface area contributed by atoms with Crippen molar-refractivity contribution in [3.63, 3.8) is 0 Å². The fourth-order valence-electron chi connectivity index (χ4n) is 1.89. The van der Waals surface area contributed by atoms with E-state index in [9.17, 15) is 4.79 Å². The van der Waals surface area contributed by atoms with Crippen molar-refractivity contribution in [3.05, 3.63) is 34.9 Å². The van der Waals surface area contributed by atoms with Gasteiger partial charge >= 0.3 is 0 Å². The predicted molar refractivity (Wildman–Crippen MR) is 84.8 cm³/mol. The summed E-state index contributed by atoms with van der Waals surface area (Å²) in [6.45, 7) is 6.29. The number of hydrogen-bond acceptors (Lipinski definition) is 2. The van der Waals surface area contributed by atoms with Crippen LogP contribution < -0.4 is 5.32 Å². The lowest BCUT2D eigenvalue weighted by atomic mass is 9.96. The molecule has 0 aliphatic rings. The Bertz CT molecular complexity index is 409. The molecule has 0 fully saturated rings. The van der Waals surface area contributed by atoms with Crippen LogP contribution in [0.25, 0.3) is 0 Å². The molecule has 0 bridgehead atoms. The standard InChI is InChI=1S/C15H22ClNOS/c1-4-19-10-9-14(18)17-15(11(2)3)12-7-5-6-8-13(12)16/h5-8,11,15H,4,9-10H2,1-3H3,(H,17,18). The van der Waals surface area contributed by atoms with Gasteiger partial charge in [-0.1, -0.05) is 50.6 Å². The number of hydrogen-bond donors (Lipinski definition) is 1. The molecule has 0 saturated carbocycles. The summed E-state index contributed by atoms with van der Waals surface area (Å²) in [6, 6.07) is 7.69. The molecule has 0 saturated heterocycles. The lowest BCUT2D eigenvalue weighted by molar-refractivity contribution is -0.121. The highest BCUT2D eigenvalue weighted by molar-refractivity contribution is 7.99. The van der Waals surface area contributed by atoms with Gasteiger partial charge in [0.25, 0.3) is 0 Å². The second-order valence-electron chi connectivity index (χ2n) is 4.76. The zero-order valence-electron chi connectivity index (χ0n) is 11.8. The molecule has 1 atom stereocenters. The molecule has 1 aromatic carbocycles. The number of rotatable bonds is 7. The van der Waals surface area contributed by atoms with E-state index in [0.29, 0.717) is 17.4 Å². The largest absolute Gasteiger partial charge is 0.349 e. The summed E-state index contributed by atoms with van der Waals surface area (Å²) in [5, 5.41) is 3.81. The van der Waals surface area contributed by atoms with E-state index in [2.05, 4.69) is 26.1 Å². The van der Waals surface area contributed by atoms with E-state index >= 15 is 0 Å². The average Bonchev–Trinajstić information content (AvgIpc) is 2.37. The van der Waals surface area contributed by atoms with E-state index in [1.54, 1.807) is 11.8 Å². The maximum atomic E-state index is 11.9. The van der Waals surface area contributed by atoms with Crippen molar-refractivity contribution in [2.45, 2.75) is 33.2 Å². The molecule has 0 spiro atoms. The summed E-state index contributed by atoms with van der Waals surface area (Å²) in [4.78, 5) is 11.9. The van der Waals surface area contributed by atoms with Crippen molar-refractivity contribution in [1.29, 1.82) is 0 Å². The van der Waals surface area contributed by atoms with Gasteiger partial charge in [-0.15, -0.1) is 0 Å². The minimum Gasteiger partial charge on any atom is -0.349 e. The lowest BCUT2D eigenvalue weighted by Gasteiger charge is -2.24. The maximum Gasteiger partial charge on any atom is 0.221 e. The van der Waals surface area contributed by atoms with E-state index in [-0.39, 0.29) is 11.9 Å². The molecule has 1 amide bonds. The molecule has 0 radical (unpaired) electrons. The molecule has 0 heterocycles. The zero-order valence-corrected chi connectivity index (χ0v) is 13.4. The van der Waals surface area contributed by atoms with Crippen LogP contribution in [0.5, 0.6) is 0 Å². The number of carbonyl (C=O) groups excluding carboxylic acids is 1. The number of amides is 1. The molecule has 2 nitrogen and oxygen atoms in total. The first-order valence-electron chi connectivity index (χ1n) is 6.67. The fourth-order valence-corrected chi connectivity index (χ4v) is 2.76. The van der Waals surface area contributed by atoms with Crippen molar-refractivity contribution >= 4 is 29.3 Å². The molecular weight excluding hydrogens is 278 g/mol. The van der Waals surface area contributed by atoms with E-state index in [1.807, 2.05) is 24.3 Å². The number of thioether (sulfide) groups is 1. The van der Waals surface area contributed by atoms with Crippen LogP contribution in [0.4, 0.5) is 0 Å². The first-order chi connectivity index (χ1) is 9.06. The highest BCUT2D eigenvalue weighted by Gasteiger charge is 2.20. The Labute approximate surface area is 125 Å². The predicted octanol–water partition coefficient (Wildman–Crippen LogP) is 4.30. The normalized spacial score (nSPS) is 12.5. The lowest BCUT2D eigenvalue weighted by Crippen LogP contribution is -2.32. The summed E-state index contributed by atoms with van der Waals surface area (Å²) in [6.07, 6.45) is 0.562. The molecule has 1 rings (SSSR count). The van der Waals surface area contributed by atoms with Gasteiger partial charge in [-0.05, 0) is 23.3 Å². The molecule has 4 heteroatoms.